The molecule has 0 aromatic heterocycles. The van der Waals surface area contributed by atoms with E-state index < -0.39 is 16.1 Å². The van der Waals surface area contributed by atoms with Crippen molar-refractivity contribution in [1.82, 2.24) is 5.32 Å². The average molecular weight is 415 g/mol. The van der Waals surface area contributed by atoms with Gasteiger partial charge < -0.3 is 5.32 Å². The summed E-state index contributed by atoms with van der Waals surface area (Å²) in [6.45, 7) is 2.05. The van der Waals surface area contributed by atoms with Crippen molar-refractivity contribution in [2.75, 3.05) is 10.6 Å². The van der Waals surface area contributed by atoms with E-state index >= 15 is 0 Å². The number of anilines is 1. The van der Waals surface area contributed by atoms with Gasteiger partial charge in [0.2, 0.25) is 15.9 Å². The average Bonchev–Trinajstić information content (AvgIpc) is 2.59. The van der Waals surface area contributed by atoms with E-state index in [2.05, 4.69) is 5.32 Å². The number of rotatable bonds is 7. The lowest BCUT2D eigenvalue weighted by Crippen LogP contribution is -2.49. The van der Waals surface area contributed by atoms with Crippen LogP contribution in [0.2, 0.25) is 10.0 Å². The van der Waals surface area contributed by atoms with Crippen LogP contribution in [0.1, 0.15) is 18.9 Å². The molecule has 0 aliphatic heterocycles. The van der Waals surface area contributed by atoms with Crippen LogP contribution in [0.5, 0.6) is 0 Å². The molecule has 0 aliphatic rings. The first-order chi connectivity index (χ1) is 12.2. The molecule has 2 rings (SSSR count). The molecule has 5 nitrogen and oxygen atoms in total. The van der Waals surface area contributed by atoms with Crippen LogP contribution in [-0.2, 0) is 21.4 Å². The van der Waals surface area contributed by atoms with Crippen LogP contribution >= 0.6 is 23.2 Å². The van der Waals surface area contributed by atoms with Gasteiger partial charge in [0.15, 0.2) is 0 Å². The molecule has 0 heterocycles. The van der Waals surface area contributed by atoms with Crippen LogP contribution in [0.4, 0.5) is 5.69 Å². The standard InChI is InChI=1S/C18H20Cl2N2O3S/c1-3-17(18(23)21-12-13-4-6-14(19)7-5-13)22(26(2,24)25)16-10-8-15(20)9-11-16/h4-11,17H,3,12H2,1-2H3,(H,21,23)/t17-/m0/s1. The summed E-state index contributed by atoms with van der Waals surface area (Å²) in [4.78, 5) is 12.7. The minimum Gasteiger partial charge on any atom is -0.350 e. The molecule has 0 radical (unpaired) electrons. The number of nitrogens with one attached hydrogen (secondary N) is 1. The van der Waals surface area contributed by atoms with Crippen molar-refractivity contribution in [3.8, 4) is 0 Å². The molecule has 2 aromatic carbocycles. The van der Waals surface area contributed by atoms with Gasteiger partial charge in [-0.2, -0.15) is 0 Å². The van der Waals surface area contributed by atoms with E-state index in [1.54, 1.807) is 55.5 Å². The molecule has 0 saturated carbocycles. The molecule has 0 unspecified atom stereocenters. The van der Waals surface area contributed by atoms with Crippen molar-refractivity contribution in [2.24, 2.45) is 0 Å². The predicted molar refractivity (Wildman–Crippen MR) is 106 cm³/mol. The van der Waals surface area contributed by atoms with Gasteiger partial charge in [0.05, 0.1) is 11.9 Å². The van der Waals surface area contributed by atoms with Crippen LogP contribution in [0, 0.1) is 0 Å². The molecule has 0 aliphatic carbocycles. The van der Waals surface area contributed by atoms with Crippen molar-refractivity contribution in [1.29, 1.82) is 0 Å². The molecule has 2 aromatic rings. The number of nitrogens with zero attached hydrogens (tertiary/aromatic N) is 1. The highest BCUT2D eigenvalue weighted by atomic mass is 35.5. The molecule has 0 fully saturated rings. The van der Waals surface area contributed by atoms with Crippen molar-refractivity contribution in [3.63, 3.8) is 0 Å². The van der Waals surface area contributed by atoms with Crippen LogP contribution < -0.4 is 9.62 Å². The van der Waals surface area contributed by atoms with Crippen molar-refractivity contribution < 1.29 is 13.2 Å². The van der Waals surface area contributed by atoms with E-state index in [1.165, 1.54) is 0 Å². The molecule has 1 N–H and O–H groups in total. The summed E-state index contributed by atoms with van der Waals surface area (Å²) in [7, 11) is -3.66. The Bertz CT molecular complexity index is 853. The predicted octanol–water partition coefficient (Wildman–Crippen LogP) is 3.85. The van der Waals surface area contributed by atoms with Crippen molar-refractivity contribution in [3.05, 3.63) is 64.1 Å². The summed E-state index contributed by atoms with van der Waals surface area (Å²) in [5.74, 6) is -0.372. The third kappa shape index (κ3) is 5.37. The van der Waals surface area contributed by atoms with Gasteiger partial charge in [-0.1, -0.05) is 42.3 Å². The number of hydrogen-bond donors (Lipinski definition) is 1. The van der Waals surface area contributed by atoms with E-state index in [0.29, 0.717) is 22.2 Å². The summed E-state index contributed by atoms with van der Waals surface area (Å²) < 4.78 is 25.8. The molecule has 1 atom stereocenters. The van der Waals surface area contributed by atoms with E-state index in [9.17, 15) is 13.2 Å². The Morgan fingerprint density at radius 2 is 1.54 bits per heavy atom. The van der Waals surface area contributed by atoms with Crippen LogP contribution in [0.15, 0.2) is 48.5 Å². The van der Waals surface area contributed by atoms with Crippen LogP contribution in [-0.4, -0.2) is 26.6 Å². The van der Waals surface area contributed by atoms with Gasteiger partial charge in [-0.15, -0.1) is 0 Å². The van der Waals surface area contributed by atoms with E-state index in [1.807, 2.05) is 0 Å². The maximum Gasteiger partial charge on any atom is 0.244 e. The lowest BCUT2D eigenvalue weighted by Gasteiger charge is -2.30. The minimum absolute atomic E-state index is 0.282. The highest BCUT2D eigenvalue weighted by molar-refractivity contribution is 7.92. The monoisotopic (exact) mass is 414 g/mol. The second-order valence-corrected chi connectivity index (χ2v) is 8.54. The zero-order valence-corrected chi connectivity index (χ0v) is 16.8. The molecule has 0 bridgehead atoms. The van der Waals surface area contributed by atoms with Crippen LogP contribution in [0.3, 0.4) is 0 Å². The first kappa shape index (κ1) is 20.6. The minimum atomic E-state index is -3.66. The number of halogens is 2. The van der Waals surface area contributed by atoms with Gasteiger partial charge in [-0.3, -0.25) is 9.10 Å². The maximum absolute atomic E-state index is 12.7. The van der Waals surface area contributed by atoms with E-state index in [4.69, 9.17) is 23.2 Å². The zero-order valence-electron chi connectivity index (χ0n) is 14.4. The Morgan fingerprint density at radius 3 is 2.00 bits per heavy atom. The van der Waals surface area contributed by atoms with Gasteiger partial charge >= 0.3 is 0 Å². The second-order valence-electron chi connectivity index (χ2n) is 5.80. The normalized spacial score (nSPS) is 12.5. The largest absolute Gasteiger partial charge is 0.350 e. The highest BCUT2D eigenvalue weighted by Gasteiger charge is 2.31. The van der Waals surface area contributed by atoms with Gasteiger partial charge in [-0.05, 0) is 48.4 Å². The number of amides is 1. The third-order valence-corrected chi connectivity index (χ3v) is 5.47. The lowest BCUT2D eigenvalue weighted by atomic mass is 10.1. The summed E-state index contributed by atoms with van der Waals surface area (Å²) in [5, 5.41) is 3.89. The molecule has 8 heteroatoms. The maximum atomic E-state index is 12.7. The molecular weight excluding hydrogens is 395 g/mol. The SMILES string of the molecule is CC[C@@H](C(=O)NCc1ccc(Cl)cc1)N(c1ccc(Cl)cc1)S(C)(=O)=O. The van der Waals surface area contributed by atoms with Gasteiger partial charge in [-0.25, -0.2) is 8.42 Å². The molecule has 140 valence electrons. The van der Waals surface area contributed by atoms with E-state index in [0.717, 1.165) is 16.1 Å². The highest BCUT2D eigenvalue weighted by Crippen LogP contribution is 2.24. The van der Waals surface area contributed by atoms with Gasteiger partial charge in [0.25, 0.3) is 0 Å². The first-order valence-electron chi connectivity index (χ1n) is 7.99. The van der Waals surface area contributed by atoms with Gasteiger partial charge in [0, 0.05) is 16.6 Å². The summed E-state index contributed by atoms with van der Waals surface area (Å²) in [6.07, 6.45) is 1.40. The first-order valence-corrected chi connectivity index (χ1v) is 10.6. The number of hydrogen-bond acceptors (Lipinski definition) is 3. The molecule has 1 amide bonds. The topological polar surface area (TPSA) is 66.5 Å². The second kappa shape index (κ2) is 8.75. The fraction of sp³-hybridized carbons (Fsp3) is 0.278. The zero-order chi connectivity index (χ0) is 19.3. The fourth-order valence-corrected chi connectivity index (χ4v) is 4.02. The van der Waals surface area contributed by atoms with Crippen LogP contribution in [0.25, 0.3) is 0 Å². The Balaban J connectivity index is 2.22. The lowest BCUT2D eigenvalue weighted by molar-refractivity contribution is -0.122. The number of carbonyl (C=O) groups is 1. The number of carbonyl (C=O) groups excluding carboxylic acids is 1. The Labute approximate surface area is 164 Å². The quantitative estimate of drug-likeness (QED) is 0.747. The summed E-state index contributed by atoms with van der Waals surface area (Å²) in [5.41, 5.74) is 1.26. The molecule has 26 heavy (non-hydrogen) atoms. The molecule has 0 saturated heterocycles. The fourth-order valence-electron chi connectivity index (χ4n) is 2.56. The summed E-state index contributed by atoms with van der Waals surface area (Å²) in [6, 6.07) is 12.6. The van der Waals surface area contributed by atoms with Gasteiger partial charge in [0.1, 0.15) is 6.04 Å². The molecule has 0 spiro atoms. The van der Waals surface area contributed by atoms with Crippen molar-refractivity contribution in [2.45, 2.75) is 25.9 Å². The smallest absolute Gasteiger partial charge is 0.244 e. The molecular formula is C18H20Cl2N2O3S. The number of sulfonamides is 1. The van der Waals surface area contributed by atoms with Crippen molar-refractivity contribution >= 4 is 44.8 Å². The third-order valence-electron chi connectivity index (χ3n) is 3.79. The van der Waals surface area contributed by atoms with E-state index in [-0.39, 0.29) is 12.5 Å². The Kier molecular flexibility index (Phi) is 6.92. The number of benzene rings is 2. The Hall–Kier alpha value is -1.76. The Morgan fingerprint density at radius 1 is 1.04 bits per heavy atom. The summed E-state index contributed by atoms with van der Waals surface area (Å²) >= 11 is 11.7.